The van der Waals surface area contributed by atoms with E-state index in [0.29, 0.717) is 31.2 Å². The lowest BCUT2D eigenvalue weighted by atomic mass is 9.89. The molecule has 8 nitrogen and oxygen atoms in total. The Morgan fingerprint density at radius 1 is 1.28 bits per heavy atom. The van der Waals surface area contributed by atoms with Gasteiger partial charge in [-0.25, -0.2) is 5.48 Å². The van der Waals surface area contributed by atoms with Crippen LogP contribution in [0.4, 0.5) is 5.88 Å². The third-order valence-corrected chi connectivity index (χ3v) is 6.82. The van der Waals surface area contributed by atoms with E-state index in [0.717, 1.165) is 38.5 Å². The topological polar surface area (TPSA) is 112 Å². The minimum atomic E-state index is -0.557. The van der Waals surface area contributed by atoms with E-state index in [-0.39, 0.29) is 23.7 Å². The van der Waals surface area contributed by atoms with Crippen molar-refractivity contribution in [3.63, 3.8) is 0 Å². The van der Waals surface area contributed by atoms with Crippen LogP contribution in [0.2, 0.25) is 0 Å². The first-order valence-electron chi connectivity index (χ1n) is 10.6. The van der Waals surface area contributed by atoms with E-state index < -0.39 is 17.9 Å². The first-order chi connectivity index (χ1) is 14.0. The molecule has 3 N–H and O–H groups in total. The summed E-state index contributed by atoms with van der Waals surface area (Å²) < 4.78 is 5.21. The van der Waals surface area contributed by atoms with E-state index in [4.69, 9.17) is 9.62 Å². The standard InChI is InChI=1S/C21H29N3O5/c25-17(23-28)11-15(10-14-4-1-2-5-14)20(27)24-13-21(7-8-21)12-16(24)19(26)22-18-6-3-9-29-18/h3,6,9,14-16,28H,1-2,4-5,7-8,10-13H2,(H,22,26)(H,23,25)/t15-,16+/m1/s1. The van der Waals surface area contributed by atoms with Gasteiger partial charge in [0.15, 0.2) is 5.88 Å². The summed E-state index contributed by atoms with van der Waals surface area (Å²) in [4.78, 5) is 39.9. The van der Waals surface area contributed by atoms with Crippen molar-refractivity contribution < 1.29 is 24.0 Å². The predicted octanol–water partition coefficient (Wildman–Crippen LogP) is 2.69. The number of hydrogen-bond donors (Lipinski definition) is 3. The van der Waals surface area contributed by atoms with E-state index in [1.165, 1.54) is 6.26 Å². The van der Waals surface area contributed by atoms with Crippen molar-refractivity contribution in [2.75, 3.05) is 11.9 Å². The van der Waals surface area contributed by atoms with Crippen LogP contribution in [0.3, 0.4) is 0 Å². The zero-order chi connectivity index (χ0) is 20.4. The monoisotopic (exact) mass is 403 g/mol. The molecule has 0 unspecified atom stereocenters. The smallest absolute Gasteiger partial charge is 0.249 e. The number of rotatable bonds is 7. The second kappa shape index (κ2) is 8.18. The molecule has 1 saturated heterocycles. The fourth-order valence-electron chi connectivity index (χ4n) is 5.04. The molecule has 1 aromatic rings. The van der Waals surface area contributed by atoms with Crippen molar-refractivity contribution in [1.29, 1.82) is 0 Å². The minimum Gasteiger partial charge on any atom is -0.449 e. The van der Waals surface area contributed by atoms with Gasteiger partial charge < -0.3 is 9.32 Å². The van der Waals surface area contributed by atoms with Crippen LogP contribution < -0.4 is 10.8 Å². The maximum absolute atomic E-state index is 13.5. The van der Waals surface area contributed by atoms with Gasteiger partial charge in [-0.1, -0.05) is 25.7 Å². The zero-order valence-corrected chi connectivity index (χ0v) is 16.6. The van der Waals surface area contributed by atoms with Gasteiger partial charge >= 0.3 is 0 Å². The quantitative estimate of drug-likeness (QED) is 0.479. The molecule has 2 aliphatic carbocycles. The predicted molar refractivity (Wildman–Crippen MR) is 104 cm³/mol. The molecule has 8 heteroatoms. The summed E-state index contributed by atoms with van der Waals surface area (Å²) in [6.07, 6.45) is 9.18. The zero-order valence-electron chi connectivity index (χ0n) is 16.6. The van der Waals surface area contributed by atoms with Crippen LogP contribution in [-0.2, 0) is 14.4 Å². The van der Waals surface area contributed by atoms with Gasteiger partial charge in [-0.15, -0.1) is 0 Å². The summed E-state index contributed by atoms with van der Waals surface area (Å²) in [7, 11) is 0. The summed E-state index contributed by atoms with van der Waals surface area (Å²) in [6, 6.07) is 2.81. The fraction of sp³-hybridized carbons (Fsp3) is 0.667. The third-order valence-electron chi connectivity index (χ3n) is 6.82. The molecule has 3 aliphatic rings. The lowest BCUT2D eigenvalue weighted by molar-refractivity contribution is -0.144. The number of carbonyl (C=O) groups excluding carboxylic acids is 3. The van der Waals surface area contributed by atoms with Gasteiger partial charge in [0.2, 0.25) is 17.7 Å². The summed E-state index contributed by atoms with van der Waals surface area (Å²) in [6.45, 7) is 0.560. The van der Waals surface area contributed by atoms with E-state index >= 15 is 0 Å². The average molecular weight is 403 g/mol. The number of carbonyl (C=O) groups is 3. The number of nitrogens with one attached hydrogen (secondary N) is 2. The van der Waals surface area contributed by atoms with Crippen LogP contribution in [-0.4, -0.2) is 40.4 Å². The molecular weight excluding hydrogens is 374 g/mol. The molecule has 2 atom stereocenters. The Hall–Kier alpha value is -2.35. The number of amides is 3. The highest BCUT2D eigenvalue weighted by atomic mass is 16.5. The molecule has 0 aromatic carbocycles. The molecule has 1 aromatic heterocycles. The summed E-state index contributed by atoms with van der Waals surface area (Å²) in [5, 5.41) is 11.7. The Balaban J connectivity index is 1.50. The van der Waals surface area contributed by atoms with Crippen LogP contribution in [0.25, 0.3) is 0 Å². The lowest BCUT2D eigenvalue weighted by Crippen LogP contribution is -2.46. The molecular formula is C21H29N3O5. The van der Waals surface area contributed by atoms with Crippen molar-refractivity contribution in [2.24, 2.45) is 17.3 Å². The lowest BCUT2D eigenvalue weighted by Gasteiger charge is -2.29. The molecule has 2 saturated carbocycles. The Morgan fingerprint density at radius 2 is 2.03 bits per heavy atom. The largest absolute Gasteiger partial charge is 0.449 e. The van der Waals surface area contributed by atoms with Crippen molar-refractivity contribution in [1.82, 2.24) is 10.4 Å². The summed E-state index contributed by atoms with van der Waals surface area (Å²) in [5.41, 5.74) is 1.70. The van der Waals surface area contributed by atoms with Crippen molar-refractivity contribution in [2.45, 2.75) is 63.8 Å². The van der Waals surface area contributed by atoms with E-state index in [9.17, 15) is 14.4 Å². The second-order valence-electron chi connectivity index (χ2n) is 8.97. The minimum absolute atomic E-state index is 0.0397. The molecule has 0 radical (unpaired) electrons. The first-order valence-corrected chi connectivity index (χ1v) is 10.6. The highest BCUT2D eigenvalue weighted by Crippen LogP contribution is 2.55. The number of likely N-dealkylation sites (tertiary alicyclic amines) is 1. The molecule has 3 amide bonds. The van der Waals surface area contributed by atoms with Gasteiger partial charge in [-0.3, -0.25) is 24.9 Å². The van der Waals surface area contributed by atoms with Crippen LogP contribution in [0.15, 0.2) is 22.8 Å². The maximum Gasteiger partial charge on any atom is 0.249 e. The molecule has 3 fully saturated rings. The number of hydrogen-bond acceptors (Lipinski definition) is 5. The van der Waals surface area contributed by atoms with E-state index in [2.05, 4.69) is 5.32 Å². The Kier molecular flexibility index (Phi) is 5.63. The Labute approximate surface area is 170 Å². The van der Waals surface area contributed by atoms with Crippen LogP contribution in [0.5, 0.6) is 0 Å². The van der Waals surface area contributed by atoms with Crippen molar-refractivity contribution >= 4 is 23.6 Å². The van der Waals surface area contributed by atoms with Gasteiger partial charge in [0, 0.05) is 24.9 Å². The van der Waals surface area contributed by atoms with Gasteiger partial charge in [-0.05, 0) is 43.1 Å². The van der Waals surface area contributed by atoms with Crippen LogP contribution >= 0.6 is 0 Å². The number of anilines is 1. The summed E-state index contributed by atoms with van der Waals surface area (Å²) >= 11 is 0. The number of furan rings is 1. The SMILES string of the molecule is O=C(C[C@@H](CC1CCCC1)C(=O)N1CC2(CC2)C[C@H]1C(=O)Nc1ccco1)NO. The molecule has 29 heavy (non-hydrogen) atoms. The van der Waals surface area contributed by atoms with E-state index in [1.807, 2.05) is 0 Å². The van der Waals surface area contributed by atoms with Gasteiger partial charge in [0.1, 0.15) is 6.04 Å². The fourth-order valence-corrected chi connectivity index (χ4v) is 5.04. The van der Waals surface area contributed by atoms with Crippen LogP contribution in [0.1, 0.15) is 57.8 Å². The van der Waals surface area contributed by atoms with Gasteiger partial charge in [0.25, 0.3) is 0 Å². The van der Waals surface area contributed by atoms with Gasteiger partial charge in [-0.2, -0.15) is 0 Å². The molecule has 158 valence electrons. The summed E-state index contributed by atoms with van der Waals surface area (Å²) in [5.74, 6) is -0.687. The molecule has 0 bridgehead atoms. The Morgan fingerprint density at radius 3 is 2.66 bits per heavy atom. The number of hydroxylamine groups is 1. The molecule has 4 rings (SSSR count). The highest BCUT2D eigenvalue weighted by molar-refractivity contribution is 5.97. The second-order valence-corrected chi connectivity index (χ2v) is 8.97. The normalized spacial score (nSPS) is 23.9. The van der Waals surface area contributed by atoms with Crippen molar-refractivity contribution in [3.8, 4) is 0 Å². The third kappa shape index (κ3) is 4.47. The molecule has 1 spiro atoms. The molecule has 1 aliphatic heterocycles. The van der Waals surface area contributed by atoms with Crippen molar-refractivity contribution in [3.05, 3.63) is 18.4 Å². The van der Waals surface area contributed by atoms with E-state index in [1.54, 1.807) is 22.5 Å². The first kappa shape index (κ1) is 19.9. The average Bonchev–Trinajstić information content (AvgIpc) is 3.13. The van der Waals surface area contributed by atoms with Gasteiger partial charge in [0.05, 0.1) is 6.26 Å². The Bertz CT molecular complexity index is 752. The maximum atomic E-state index is 13.5. The van der Waals surface area contributed by atoms with Crippen LogP contribution in [0, 0.1) is 17.3 Å². The molecule has 2 heterocycles. The number of nitrogens with zero attached hydrogens (tertiary/aromatic N) is 1. The highest BCUT2D eigenvalue weighted by Gasteiger charge is 2.55.